The molecule has 1 fully saturated rings. The van der Waals surface area contributed by atoms with E-state index in [2.05, 4.69) is 15.2 Å². The first-order chi connectivity index (χ1) is 19.8. The predicted molar refractivity (Wildman–Crippen MR) is 154 cm³/mol. The van der Waals surface area contributed by atoms with Crippen molar-refractivity contribution in [1.82, 2.24) is 10.3 Å². The highest BCUT2D eigenvalue weighted by Gasteiger charge is 2.56. The number of aryl methyl sites for hydroxylation is 1. The van der Waals surface area contributed by atoms with Crippen molar-refractivity contribution in [3.8, 4) is 17.2 Å². The fraction of sp³-hybridized carbons (Fsp3) is 0.433. The molecule has 2 aromatic rings. The molecule has 5 rings (SSSR count). The summed E-state index contributed by atoms with van der Waals surface area (Å²) >= 11 is 1.31. The molecule has 1 aliphatic carbocycles. The fourth-order valence-corrected chi connectivity index (χ4v) is 6.87. The fourth-order valence-electron chi connectivity index (χ4n) is 5.86. The number of anilines is 1. The van der Waals surface area contributed by atoms with Crippen molar-refractivity contribution in [1.29, 1.82) is 0 Å². The van der Waals surface area contributed by atoms with Crippen LogP contribution in [0.25, 0.3) is 0 Å². The van der Waals surface area contributed by atoms with Gasteiger partial charge >= 0.3 is 5.97 Å². The van der Waals surface area contributed by atoms with Gasteiger partial charge < -0.3 is 29.9 Å². The predicted octanol–water partition coefficient (Wildman–Crippen LogP) is 3.77. The van der Waals surface area contributed by atoms with E-state index in [4.69, 9.17) is 9.47 Å². The second kappa shape index (κ2) is 10.6. The number of hydrogen-bond acceptors (Lipinski definition) is 12. The molecular weight excluding hydrogens is 562 g/mol. The van der Waals surface area contributed by atoms with E-state index in [1.54, 1.807) is 27.7 Å². The Hall–Kier alpha value is -4.19. The van der Waals surface area contributed by atoms with Crippen LogP contribution in [0.3, 0.4) is 0 Å². The van der Waals surface area contributed by atoms with Crippen LogP contribution in [0.2, 0.25) is 0 Å². The highest BCUT2D eigenvalue weighted by atomic mass is 32.1. The summed E-state index contributed by atoms with van der Waals surface area (Å²) in [6, 6.07) is -0.0258. The molecule has 0 saturated carbocycles. The molecule has 11 nitrogen and oxygen atoms in total. The molecule has 1 atom stereocenters. The van der Waals surface area contributed by atoms with Crippen molar-refractivity contribution in [2.75, 3.05) is 24.6 Å². The Kier molecular flexibility index (Phi) is 7.38. The molecule has 0 radical (unpaired) electrons. The molecule has 0 unspecified atom stereocenters. The number of rotatable bonds is 6. The quantitative estimate of drug-likeness (QED) is 0.193. The van der Waals surface area contributed by atoms with Gasteiger partial charge in [0.25, 0.3) is 0 Å². The first-order valence-corrected chi connectivity index (χ1v) is 14.6. The van der Waals surface area contributed by atoms with Gasteiger partial charge in [0.1, 0.15) is 38.9 Å². The van der Waals surface area contributed by atoms with Crippen LogP contribution in [0.1, 0.15) is 77.4 Å². The van der Waals surface area contributed by atoms with E-state index >= 15 is 0 Å². The first-order valence-electron chi connectivity index (χ1n) is 13.8. The van der Waals surface area contributed by atoms with Gasteiger partial charge in [0.05, 0.1) is 23.4 Å². The Morgan fingerprint density at radius 1 is 1.19 bits per heavy atom. The molecular formula is C30H33N3O8S. The van der Waals surface area contributed by atoms with Gasteiger partial charge in [-0.15, -0.1) is 0 Å². The highest BCUT2D eigenvalue weighted by Crippen LogP contribution is 2.57. The van der Waals surface area contributed by atoms with Crippen LogP contribution in [-0.4, -0.2) is 64.3 Å². The molecule has 3 heterocycles. The van der Waals surface area contributed by atoms with Crippen molar-refractivity contribution < 1.29 is 38.9 Å². The Bertz CT molecular complexity index is 1610. The highest BCUT2D eigenvalue weighted by molar-refractivity contribution is 7.17. The average Bonchev–Trinajstić information content (AvgIpc) is 3.46. The monoisotopic (exact) mass is 595 g/mol. The number of fused-ring (bicyclic) bond motifs is 3. The lowest BCUT2D eigenvalue weighted by Crippen LogP contribution is -2.44. The minimum Gasteiger partial charge on any atom is -0.507 e. The topological polar surface area (TPSA) is 155 Å². The Labute approximate surface area is 246 Å². The second-order valence-corrected chi connectivity index (χ2v) is 11.9. The molecule has 1 aromatic heterocycles. The van der Waals surface area contributed by atoms with Gasteiger partial charge in [-0.3, -0.25) is 14.4 Å². The summed E-state index contributed by atoms with van der Waals surface area (Å²) in [5.41, 5.74) is -0.605. The molecule has 3 aliphatic rings. The smallest absolute Gasteiger partial charge is 0.350 e. The minimum absolute atomic E-state index is 0.00101. The average molecular weight is 596 g/mol. The van der Waals surface area contributed by atoms with E-state index in [-0.39, 0.29) is 51.5 Å². The van der Waals surface area contributed by atoms with Crippen LogP contribution in [0, 0.1) is 13.8 Å². The van der Waals surface area contributed by atoms with E-state index in [0.717, 1.165) is 5.13 Å². The van der Waals surface area contributed by atoms with Crippen LogP contribution >= 0.6 is 11.3 Å². The van der Waals surface area contributed by atoms with Crippen molar-refractivity contribution >= 4 is 39.8 Å². The van der Waals surface area contributed by atoms with Crippen molar-refractivity contribution in [3.05, 3.63) is 50.4 Å². The van der Waals surface area contributed by atoms with Crippen molar-refractivity contribution in [3.63, 3.8) is 0 Å². The zero-order chi connectivity index (χ0) is 30.7. The number of Topliss-reactive ketones (excluding diaryl/α,β-unsaturated/α-hetero) is 2. The van der Waals surface area contributed by atoms with Gasteiger partial charge in [0, 0.05) is 36.5 Å². The molecule has 0 bridgehead atoms. The number of ether oxygens (including phenoxy) is 2. The number of hydrogen-bond donors (Lipinski definition) is 3. The third-order valence-corrected chi connectivity index (χ3v) is 9.39. The van der Waals surface area contributed by atoms with Gasteiger partial charge in [0.15, 0.2) is 22.5 Å². The van der Waals surface area contributed by atoms with Gasteiger partial charge in [-0.25, -0.2) is 9.78 Å². The number of piperidine rings is 1. The number of nitrogens with one attached hydrogen (secondary N) is 1. The number of carbonyl (C=O) groups excluding carboxylic acids is 4. The van der Waals surface area contributed by atoms with Crippen LogP contribution in [0.4, 0.5) is 5.13 Å². The Morgan fingerprint density at radius 3 is 2.48 bits per heavy atom. The summed E-state index contributed by atoms with van der Waals surface area (Å²) in [5.74, 6) is -2.88. The third-order valence-electron chi connectivity index (χ3n) is 8.19. The summed E-state index contributed by atoms with van der Waals surface area (Å²) in [7, 11) is 0. The molecule has 222 valence electrons. The molecule has 0 amide bonds. The zero-order valence-electron chi connectivity index (χ0n) is 24.3. The van der Waals surface area contributed by atoms with E-state index in [0.29, 0.717) is 48.8 Å². The lowest BCUT2D eigenvalue weighted by molar-refractivity contribution is -0.123. The van der Waals surface area contributed by atoms with E-state index in [1.807, 2.05) is 0 Å². The van der Waals surface area contributed by atoms with Gasteiger partial charge in [0.2, 0.25) is 0 Å². The molecule has 42 heavy (non-hydrogen) atoms. The normalized spacial score (nSPS) is 21.4. The maximum atomic E-state index is 14.0. The van der Waals surface area contributed by atoms with Gasteiger partial charge in [-0.2, -0.15) is 0 Å². The van der Waals surface area contributed by atoms with Crippen LogP contribution in [0.5, 0.6) is 17.2 Å². The number of phenolic OH excluding ortho intramolecular Hbond substituents is 2. The molecule has 0 spiro atoms. The second-order valence-electron chi connectivity index (χ2n) is 10.9. The molecule has 12 heteroatoms. The Balaban J connectivity index is 1.38. The van der Waals surface area contributed by atoms with Crippen LogP contribution < -0.4 is 15.0 Å². The SMILES string of the molecule is CCOC(=O)c1sc(N2CCC(N/C(C)=C3\C(=O)C=C4Oc5c(C(C)=O)c(O)c(C)c(O)c5[C@@]4(C)C3=O)CC2)nc1C. The number of esters is 1. The number of ketones is 3. The zero-order valence-corrected chi connectivity index (χ0v) is 25.2. The lowest BCUT2D eigenvalue weighted by atomic mass is 9.70. The standard InChI is InChI=1S/C30H33N3O8S/c1-7-40-28(39)26-15(4)32-29(42-26)33-10-8-17(9-11-33)31-14(3)20-18(35)12-19-30(6,27(20)38)22-24(37)13(2)23(36)21(16(5)34)25(22)41-19/h12,17,31,36-37H,7-11H2,1-6H3/b20-14+/t30-/m0/s1. The lowest BCUT2D eigenvalue weighted by Gasteiger charge is -2.34. The summed E-state index contributed by atoms with van der Waals surface area (Å²) in [4.78, 5) is 59.0. The van der Waals surface area contributed by atoms with Crippen LogP contribution in [-0.2, 0) is 19.7 Å². The summed E-state index contributed by atoms with van der Waals surface area (Å²) in [6.45, 7) is 11.1. The van der Waals surface area contributed by atoms with E-state index in [9.17, 15) is 29.4 Å². The molecule has 1 aromatic carbocycles. The molecule has 3 N–H and O–H groups in total. The van der Waals surface area contributed by atoms with Gasteiger partial charge in [-0.1, -0.05) is 11.3 Å². The number of aromatic hydroxyl groups is 2. The van der Waals surface area contributed by atoms with Crippen LogP contribution in [0.15, 0.2) is 23.1 Å². The van der Waals surface area contributed by atoms with E-state index in [1.165, 1.54) is 31.3 Å². The molecule has 1 saturated heterocycles. The Morgan fingerprint density at radius 2 is 1.86 bits per heavy atom. The van der Waals surface area contributed by atoms with Crippen molar-refractivity contribution in [2.45, 2.75) is 65.8 Å². The largest absolute Gasteiger partial charge is 0.507 e. The summed E-state index contributed by atoms with van der Waals surface area (Å²) in [5, 5.41) is 25.6. The number of aromatic nitrogens is 1. The minimum atomic E-state index is -1.56. The number of thiazole rings is 1. The number of allylic oxidation sites excluding steroid dienone is 4. The first kappa shape index (κ1) is 29.3. The number of carbonyl (C=O) groups is 4. The number of nitrogens with zero attached hydrogens (tertiary/aromatic N) is 2. The summed E-state index contributed by atoms with van der Waals surface area (Å²) < 4.78 is 11.0. The molecule has 2 aliphatic heterocycles. The number of phenols is 2. The maximum absolute atomic E-state index is 14.0. The van der Waals surface area contributed by atoms with E-state index < -0.39 is 28.5 Å². The van der Waals surface area contributed by atoms with Crippen molar-refractivity contribution in [2.24, 2.45) is 0 Å². The summed E-state index contributed by atoms with van der Waals surface area (Å²) in [6.07, 6.45) is 2.62. The van der Waals surface area contributed by atoms with Gasteiger partial charge in [-0.05, 0) is 54.4 Å². The third kappa shape index (κ3) is 4.44. The number of benzene rings is 1. The maximum Gasteiger partial charge on any atom is 0.350 e.